The van der Waals surface area contributed by atoms with Crippen molar-refractivity contribution in [3.05, 3.63) is 35.1 Å². The number of hydrogen-bond donors (Lipinski definition) is 1. The van der Waals surface area contributed by atoms with Crippen molar-refractivity contribution in [3.63, 3.8) is 0 Å². The number of hydrogen-bond acceptors (Lipinski definition) is 2. The molecule has 0 amide bonds. The Morgan fingerprint density at radius 3 is 3.07 bits per heavy atom. The highest BCUT2D eigenvalue weighted by atomic mass is 35.5. The molecule has 2 heterocycles. The SMILES string of the molecule is Clc1cncc(C2=CCCC3CNC23)c1. The number of allylic oxidation sites excluding steroid dienone is 1. The zero-order valence-electron chi connectivity index (χ0n) is 8.41. The molecule has 2 aliphatic rings. The maximum atomic E-state index is 5.96. The third-order valence-corrected chi connectivity index (χ3v) is 3.55. The summed E-state index contributed by atoms with van der Waals surface area (Å²) < 4.78 is 0. The molecule has 3 heteroatoms. The molecule has 1 aliphatic heterocycles. The van der Waals surface area contributed by atoms with E-state index in [1.807, 2.05) is 12.3 Å². The van der Waals surface area contributed by atoms with Crippen LogP contribution >= 0.6 is 11.6 Å². The fourth-order valence-electron chi connectivity index (χ4n) is 2.48. The lowest BCUT2D eigenvalue weighted by atomic mass is 9.76. The Balaban J connectivity index is 1.96. The van der Waals surface area contributed by atoms with Crippen molar-refractivity contribution in [1.82, 2.24) is 10.3 Å². The molecule has 0 saturated carbocycles. The first-order valence-corrected chi connectivity index (χ1v) is 5.77. The summed E-state index contributed by atoms with van der Waals surface area (Å²) in [6, 6.07) is 2.54. The third kappa shape index (κ3) is 1.58. The van der Waals surface area contributed by atoms with Gasteiger partial charge >= 0.3 is 0 Å². The fraction of sp³-hybridized carbons (Fsp3) is 0.417. The highest BCUT2D eigenvalue weighted by molar-refractivity contribution is 6.30. The summed E-state index contributed by atoms with van der Waals surface area (Å²) >= 11 is 5.96. The lowest BCUT2D eigenvalue weighted by molar-refractivity contribution is 0.262. The van der Waals surface area contributed by atoms with Crippen molar-refractivity contribution >= 4 is 17.2 Å². The summed E-state index contributed by atoms with van der Waals surface area (Å²) in [5.41, 5.74) is 2.55. The molecule has 1 N–H and O–H groups in total. The maximum absolute atomic E-state index is 5.96. The number of pyridine rings is 1. The van der Waals surface area contributed by atoms with Gasteiger partial charge in [-0.05, 0) is 36.0 Å². The van der Waals surface area contributed by atoms with Crippen molar-refractivity contribution in [2.45, 2.75) is 18.9 Å². The molecule has 0 spiro atoms. The molecule has 15 heavy (non-hydrogen) atoms. The number of aromatic nitrogens is 1. The van der Waals surface area contributed by atoms with Crippen LogP contribution in [0.4, 0.5) is 0 Å². The summed E-state index contributed by atoms with van der Waals surface area (Å²) in [6.07, 6.45) is 8.40. The lowest BCUT2D eigenvalue weighted by Crippen LogP contribution is -2.54. The Morgan fingerprint density at radius 1 is 1.40 bits per heavy atom. The van der Waals surface area contributed by atoms with E-state index in [1.165, 1.54) is 24.0 Å². The first kappa shape index (κ1) is 9.37. The van der Waals surface area contributed by atoms with Crippen molar-refractivity contribution in [1.29, 1.82) is 0 Å². The van der Waals surface area contributed by atoms with Crippen LogP contribution in [0.2, 0.25) is 5.02 Å². The lowest BCUT2D eigenvalue weighted by Gasteiger charge is -2.42. The normalized spacial score (nSPS) is 29.0. The zero-order valence-corrected chi connectivity index (χ0v) is 9.17. The second kappa shape index (κ2) is 3.62. The van der Waals surface area contributed by atoms with Crippen LogP contribution < -0.4 is 5.32 Å². The molecule has 3 rings (SSSR count). The zero-order chi connectivity index (χ0) is 10.3. The minimum absolute atomic E-state index is 0.541. The van der Waals surface area contributed by atoms with E-state index in [0.717, 1.165) is 17.5 Å². The van der Waals surface area contributed by atoms with Crippen LogP contribution in [0.1, 0.15) is 18.4 Å². The first-order valence-electron chi connectivity index (χ1n) is 5.39. The van der Waals surface area contributed by atoms with Gasteiger partial charge in [-0.15, -0.1) is 0 Å². The molecule has 1 fully saturated rings. The number of fused-ring (bicyclic) bond motifs is 1. The van der Waals surface area contributed by atoms with Crippen LogP contribution in [0.3, 0.4) is 0 Å². The Hall–Kier alpha value is -0.860. The van der Waals surface area contributed by atoms with E-state index >= 15 is 0 Å². The van der Waals surface area contributed by atoms with Gasteiger partial charge in [-0.2, -0.15) is 0 Å². The molecule has 0 radical (unpaired) electrons. The molecule has 1 aromatic rings. The minimum atomic E-state index is 0.541. The molecule has 78 valence electrons. The van der Waals surface area contributed by atoms with Crippen LogP contribution in [-0.2, 0) is 0 Å². The smallest absolute Gasteiger partial charge is 0.0595 e. The van der Waals surface area contributed by atoms with Crippen molar-refractivity contribution in [2.75, 3.05) is 6.54 Å². The highest BCUT2D eigenvalue weighted by Gasteiger charge is 2.35. The summed E-state index contributed by atoms with van der Waals surface area (Å²) in [5, 5.41) is 4.19. The predicted octanol–water partition coefficient (Wildman–Crippen LogP) is 2.50. The quantitative estimate of drug-likeness (QED) is 0.787. The molecule has 2 atom stereocenters. The number of halogens is 1. The summed E-state index contributed by atoms with van der Waals surface area (Å²) in [5.74, 6) is 0.823. The Bertz CT molecular complexity index is 414. The largest absolute Gasteiger partial charge is 0.309 e. The molecule has 1 saturated heterocycles. The average molecular weight is 221 g/mol. The number of nitrogens with one attached hydrogen (secondary N) is 1. The number of rotatable bonds is 1. The first-order chi connectivity index (χ1) is 7.34. The Kier molecular flexibility index (Phi) is 2.26. The molecule has 1 aliphatic carbocycles. The van der Waals surface area contributed by atoms with E-state index in [2.05, 4.69) is 16.4 Å². The molecule has 0 aromatic carbocycles. The highest BCUT2D eigenvalue weighted by Crippen LogP contribution is 2.35. The summed E-state index contributed by atoms with van der Waals surface area (Å²) in [7, 11) is 0. The minimum Gasteiger partial charge on any atom is -0.309 e. The van der Waals surface area contributed by atoms with Gasteiger partial charge < -0.3 is 5.32 Å². The molecule has 2 unspecified atom stereocenters. The van der Waals surface area contributed by atoms with Crippen LogP contribution in [-0.4, -0.2) is 17.6 Å². The van der Waals surface area contributed by atoms with E-state index < -0.39 is 0 Å². The second-order valence-electron chi connectivity index (χ2n) is 4.27. The monoisotopic (exact) mass is 220 g/mol. The maximum Gasteiger partial charge on any atom is 0.0595 e. The van der Waals surface area contributed by atoms with Crippen LogP contribution in [0.5, 0.6) is 0 Å². The van der Waals surface area contributed by atoms with Crippen LogP contribution in [0.25, 0.3) is 5.57 Å². The molecular weight excluding hydrogens is 208 g/mol. The van der Waals surface area contributed by atoms with Crippen LogP contribution in [0, 0.1) is 5.92 Å². The van der Waals surface area contributed by atoms with E-state index in [-0.39, 0.29) is 0 Å². The van der Waals surface area contributed by atoms with Crippen molar-refractivity contribution in [2.24, 2.45) is 5.92 Å². The Labute approximate surface area is 94.4 Å². The van der Waals surface area contributed by atoms with Gasteiger partial charge in [-0.3, -0.25) is 4.98 Å². The average Bonchev–Trinajstić information content (AvgIpc) is 2.19. The van der Waals surface area contributed by atoms with E-state index in [4.69, 9.17) is 11.6 Å². The van der Waals surface area contributed by atoms with Crippen molar-refractivity contribution in [3.8, 4) is 0 Å². The second-order valence-corrected chi connectivity index (χ2v) is 4.71. The van der Waals surface area contributed by atoms with Crippen molar-refractivity contribution < 1.29 is 0 Å². The van der Waals surface area contributed by atoms with Gasteiger partial charge in [0.25, 0.3) is 0 Å². The van der Waals surface area contributed by atoms with Gasteiger partial charge in [0.2, 0.25) is 0 Å². The van der Waals surface area contributed by atoms with Gasteiger partial charge in [-0.1, -0.05) is 17.7 Å². The van der Waals surface area contributed by atoms with Gasteiger partial charge in [0.1, 0.15) is 0 Å². The predicted molar refractivity (Wildman–Crippen MR) is 61.7 cm³/mol. The topological polar surface area (TPSA) is 24.9 Å². The summed E-state index contributed by atoms with van der Waals surface area (Å²) in [6.45, 7) is 1.16. The van der Waals surface area contributed by atoms with Crippen LogP contribution in [0.15, 0.2) is 24.5 Å². The van der Waals surface area contributed by atoms with Gasteiger partial charge in [-0.25, -0.2) is 0 Å². The third-order valence-electron chi connectivity index (χ3n) is 3.35. The number of nitrogens with zero attached hydrogens (tertiary/aromatic N) is 1. The molecule has 1 aromatic heterocycles. The summed E-state index contributed by atoms with van der Waals surface area (Å²) in [4.78, 5) is 4.14. The molecule has 0 bridgehead atoms. The molecule has 2 nitrogen and oxygen atoms in total. The standard InChI is InChI=1S/C12H13ClN2/c13-10-4-9(5-14-7-10)11-3-1-2-8-6-15-12(8)11/h3-5,7-8,12,15H,1-2,6H2. The van der Waals surface area contributed by atoms with Gasteiger partial charge in [0, 0.05) is 25.0 Å². The van der Waals surface area contributed by atoms with Gasteiger partial charge in [0.05, 0.1) is 5.02 Å². The van der Waals surface area contributed by atoms with E-state index in [1.54, 1.807) is 6.20 Å². The van der Waals surface area contributed by atoms with E-state index in [9.17, 15) is 0 Å². The fourth-order valence-corrected chi connectivity index (χ4v) is 2.66. The van der Waals surface area contributed by atoms with Gasteiger partial charge in [0.15, 0.2) is 0 Å². The Morgan fingerprint density at radius 2 is 2.33 bits per heavy atom. The van der Waals surface area contributed by atoms with E-state index in [0.29, 0.717) is 6.04 Å². The molecular formula is C12H13ClN2.